The lowest BCUT2D eigenvalue weighted by molar-refractivity contribution is -0.482. The van der Waals surface area contributed by atoms with Crippen LogP contribution in [0.3, 0.4) is 0 Å². The normalized spacial score (nSPS) is 18.3. The van der Waals surface area contributed by atoms with Gasteiger partial charge >= 0.3 is 65.7 Å². The highest BCUT2D eigenvalue weighted by Crippen LogP contribution is 2.67. The second-order valence-electron chi connectivity index (χ2n) is 7.18. The number of hydrogen-bond donors (Lipinski definition) is 2. The maximum Gasteiger partial charge on any atom is 0.460 e. The van der Waals surface area contributed by atoms with E-state index in [0.717, 1.165) is 0 Å². The monoisotopic (exact) mass is 648 g/mol. The van der Waals surface area contributed by atoms with Gasteiger partial charge in [-0.15, -0.1) is 0 Å². The van der Waals surface area contributed by atoms with Gasteiger partial charge in [0.1, 0.15) is 0 Å². The Bertz CT molecular complexity index is 895. The summed E-state index contributed by atoms with van der Waals surface area (Å²) in [6.45, 7) is -3.94. The van der Waals surface area contributed by atoms with Crippen molar-refractivity contribution in [2.45, 2.75) is 71.3 Å². The van der Waals surface area contributed by atoms with Crippen LogP contribution < -0.4 is 0 Å². The Balaban J connectivity index is 7.36. The van der Waals surface area contributed by atoms with Crippen LogP contribution in [0, 0.1) is 0 Å². The fourth-order valence-corrected chi connectivity index (χ4v) is 2.18. The molecule has 0 aliphatic carbocycles. The van der Waals surface area contributed by atoms with Crippen LogP contribution in [0.1, 0.15) is 0 Å². The van der Waals surface area contributed by atoms with E-state index in [9.17, 15) is 105 Å². The van der Waals surface area contributed by atoms with E-state index in [1.54, 1.807) is 0 Å². The van der Waals surface area contributed by atoms with Gasteiger partial charge in [-0.2, -0.15) is 105 Å². The molecule has 1 atom stereocenters. The van der Waals surface area contributed by atoms with Crippen molar-refractivity contribution in [3.8, 4) is 0 Å². The Morgan fingerprint density at radius 1 is 0.282 bits per heavy atom. The van der Waals surface area contributed by atoms with Crippen LogP contribution in [0.5, 0.6) is 0 Å². The molecule has 0 amide bonds. The third-order valence-electron chi connectivity index (χ3n) is 4.73. The van der Waals surface area contributed by atoms with E-state index in [1.165, 1.54) is 0 Å². The van der Waals surface area contributed by atoms with Crippen molar-refractivity contribution >= 4 is 0 Å². The molecule has 0 aliphatic heterocycles. The van der Waals surface area contributed by atoms with Crippen molar-refractivity contribution in [3.05, 3.63) is 0 Å². The van der Waals surface area contributed by atoms with E-state index >= 15 is 0 Å². The summed E-state index contributed by atoms with van der Waals surface area (Å²) >= 11 is 0. The largest absolute Gasteiger partial charge is 0.460 e. The Morgan fingerprint density at radius 3 is 0.615 bits per heavy atom. The highest BCUT2D eigenvalue weighted by Gasteiger charge is 2.99. The number of aliphatic hydroxyl groups excluding tert-OH is 1. The van der Waals surface area contributed by atoms with Gasteiger partial charge < -0.3 is 10.2 Å². The Labute approximate surface area is 195 Å². The van der Waals surface area contributed by atoms with Gasteiger partial charge in [0.05, 0.1) is 6.61 Å². The topological polar surface area (TPSA) is 40.5 Å². The van der Waals surface area contributed by atoms with Crippen LogP contribution in [0.4, 0.5) is 105 Å². The molecule has 0 aromatic carbocycles. The van der Waals surface area contributed by atoms with Crippen LogP contribution in [-0.2, 0) is 0 Å². The second kappa shape index (κ2) is 8.87. The number of aliphatic hydroxyl groups is 2. The zero-order valence-electron chi connectivity index (χ0n) is 16.7. The lowest BCUT2D eigenvalue weighted by Crippen LogP contribution is -2.79. The number of halogens is 24. The quantitative estimate of drug-likeness (QED) is 0.264. The minimum atomic E-state index is -9.55. The summed E-state index contributed by atoms with van der Waals surface area (Å²) in [7, 11) is 0. The molecule has 26 heteroatoms. The molecule has 0 radical (unpaired) electrons. The van der Waals surface area contributed by atoms with Gasteiger partial charge in [-0.25, -0.2) is 0 Å². The van der Waals surface area contributed by atoms with E-state index in [2.05, 4.69) is 0 Å². The molecule has 0 saturated carbocycles. The third-order valence-corrected chi connectivity index (χ3v) is 4.73. The molecule has 39 heavy (non-hydrogen) atoms. The Hall–Kier alpha value is -1.76. The molecular weight excluding hydrogens is 644 g/mol. The molecule has 0 aliphatic rings. The number of hydrogen-bond acceptors (Lipinski definition) is 2. The molecule has 0 spiro atoms. The highest BCUT2D eigenvalue weighted by atomic mass is 19.4. The first-order chi connectivity index (χ1) is 16.3. The molecule has 0 aromatic heterocycles. The van der Waals surface area contributed by atoms with Crippen LogP contribution in [0.25, 0.3) is 0 Å². The van der Waals surface area contributed by atoms with E-state index < -0.39 is 77.9 Å². The lowest BCUT2D eigenvalue weighted by atomic mass is 9.82. The van der Waals surface area contributed by atoms with Crippen molar-refractivity contribution in [1.82, 2.24) is 0 Å². The van der Waals surface area contributed by atoms with E-state index in [0.29, 0.717) is 0 Å². The minimum absolute atomic E-state index is 3.94. The molecule has 2 nitrogen and oxygen atoms in total. The molecule has 2 N–H and O–H groups in total. The summed E-state index contributed by atoms with van der Waals surface area (Å²) in [6.07, 6.45) is -15.7. The van der Waals surface area contributed by atoms with Crippen molar-refractivity contribution in [2.75, 3.05) is 6.61 Å². The van der Waals surface area contributed by atoms with Gasteiger partial charge in [0, 0.05) is 0 Å². The molecular formula is C13H4F24O2. The van der Waals surface area contributed by atoms with Crippen LogP contribution >= 0.6 is 0 Å². The van der Waals surface area contributed by atoms with Gasteiger partial charge in [-0.05, 0) is 0 Å². The van der Waals surface area contributed by atoms with Gasteiger partial charge in [-0.1, -0.05) is 0 Å². The average Bonchev–Trinajstić information content (AvgIpc) is 2.69. The Kier molecular flexibility index (Phi) is 8.47. The molecule has 0 fully saturated rings. The van der Waals surface area contributed by atoms with Gasteiger partial charge in [0.15, 0.2) is 0 Å². The Morgan fingerprint density at radius 2 is 0.462 bits per heavy atom. The smallest absolute Gasteiger partial charge is 0.393 e. The zero-order chi connectivity index (χ0) is 32.7. The fraction of sp³-hybridized carbons (Fsp3) is 1.00. The minimum Gasteiger partial charge on any atom is -0.393 e. The van der Waals surface area contributed by atoms with E-state index in [4.69, 9.17) is 10.2 Å². The molecule has 0 saturated heterocycles. The molecule has 0 rings (SSSR count). The first-order valence-electron chi connectivity index (χ1n) is 8.18. The summed E-state index contributed by atoms with van der Waals surface area (Å²) in [6, 6.07) is 0. The lowest BCUT2D eigenvalue weighted by Gasteiger charge is -2.46. The van der Waals surface area contributed by atoms with Crippen LogP contribution in [-0.4, -0.2) is 88.1 Å². The first kappa shape index (κ1) is 37.2. The molecule has 236 valence electrons. The first-order valence-corrected chi connectivity index (χ1v) is 8.18. The standard InChI is InChI=1S/C13H4F24O2/c14-3(15,2(39,1-38)12(32,33)34)4(16,17)5(18,19)6(20,21)7(22,23)8(24,25)9(26,27)10(28,29)11(30,31)13(35,36)37/h38-39H,1H2. The van der Waals surface area contributed by atoms with Gasteiger partial charge in [0.2, 0.25) is 0 Å². The van der Waals surface area contributed by atoms with Crippen molar-refractivity contribution in [3.63, 3.8) is 0 Å². The van der Waals surface area contributed by atoms with E-state index in [-0.39, 0.29) is 0 Å². The van der Waals surface area contributed by atoms with Gasteiger partial charge in [0.25, 0.3) is 5.60 Å². The average molecular weight is 648 g/mol. The molecule has 0 bridgehead atoms. The predicted molar refractivity (Wildman–Crippen MR) is 68.7 cm³/mol. The summed E-state index contributed by atoms with van der Waals surface area (Å²) in [5, 5.41) is 16.6. The van der Waals surface area contributed by atoms with Crippen molar-refractivity contribution in [1.29, 1.82) is 0 Å². The summed E-state index contributed by atoms with van der Waals surface area (Å²) < 4.78 is 313. The highest BCUT2D eigenvalue weighted by molar-refractivity contribution is 5.20. The predicted octanol–water partition coefficient (Wildman–Crippen LogP) is 6.55. The summed E-state index contributed by atoms with van der Waals surface area (Å²) in [4.78, 5) is 0. The number of alkyl halides is 24. The molecule has 0 heterocycles. The van der Waals surface area contributed by atoms with Crippen LogP contribution in [0.15, 0.2) is 0 Å². The van der Waals surface area contributed by atoms with Crippen molar-refractivity contribution in [2.24, 2.45) is 0 Å². The molecule has 0 aromatic rings. The number of rotatable bonds is 10. The maximum atomic E-state index is 13.5. The van der Waals surface area contributed by atoms with E-state index in [1.807, 2.05) is 0 Å². The maximum absolute atomic E-state index is 13.5. The fourth-order valence-electron chi connectivity index (χ4n) is 2.18. The van der Waals surface area contributed by atoms with Gasteiger partial charge in [-0.3, -0.25) is 0 Å². The zero-order valence-corrected chi connectivity index (χ0v) is 16.7. The molecule has 1 unspecified atom stereocenters. The SMILES string of the molecule is OCC(O)(C(F)(F)F)C(F)(F)C(F)(F)C(F)(F)C(F)(F)C(F)(F)C(F)(F)C(F)(F)C(F)(F)C(F)(F)C(F)(F)F. The third kappa shape index (κ3) is 4.23. The van der Waals surface area contributed by atoms with Crippen molar-refractivity contribution < 1.29 is 116 Å². The summed E-state index contributed by atoms with van der Waals surface area (Å²) in [5.41, 5.74) is -7.08. The second-order valence-corrected chi connectivity index (χ2v) is 7.18. The summed E-state index contributed by atoms with van der Waals surface area (Å²) in [5.74, 6) is -82.4. The van der Waals surface area contributed by atoms with Crippen LogP contribution in [0.2, 0.25) is 0 Å².